The molecule has 1 heterocycles. The number of amides is 2. The van der Waals surface area contributed by atoms with E-state index in [1.807, 2.05) is 6.92 Å². The van der Waals surface area contributed by atoms with Crippen LogP contribution in [-0.4, -0.2) is 63.7 Å². The van der Waals surface area contributed by atoms with E-state index in [1.165, 1.54) is 11.0 Å². The molecule has 0 spiro atoms. The average Bonchev–Trinajstić information content (AvgIpc) is 2.86. The zero-order chi connectivity index (χ0) is 27.2. The van der Waals surface area contributed by atoms with Crippen LogP contribution in [0.4, 0.5) is 5.69 Å². The molecule has 1 atom stereocenters. The fourth-order valence-corrected chi connectivity index (χ4v) is 5.30. The molecule has 1 aliphatic heterocycles. The highest BCUT2D eigenvalue weighted by atomic mass is 35.5. The molecule has 2 aromatic rings. The Balaban J connectivity index is 1.98. The molecule has 0 fully saturated rings. The molecule has 3 rings (SSSR count). The lowest BCUT2D eigenvalue weighted by atomic mass is 10.1. The van der Waals surface area contributed by atoms with Gasteiger partial charge in [0.05, 0.1) is 11.9 Å². The van der Waals surface area contributed by atoms with E-state index in [0.29, 0.717) is 53.3 Å². The number of halogens is 2. The van der Waals surface area contributed by atoms with E-state index >= 15 is 0 Å². The molecule has 202 valence electrons. The summed E-state index contributed by atoms with van der Waals surface area (Å²) < 4.78 is 37.7. The second-order valence-electron chi connectivity index (χ2n) is 8.53. The normalized spacial score (nSPS) is 13.5. The highest BCUT2D eigenvalue weighted by Gasteiger charge is 2.32. The maximum atomic E-state index is 13.8. The third kappa shape index (κ3) is 7.21. The Morgan fingerprint density at radius 1 is 1.05 bits per heavy atom. The third-order valence-electron chi connectivity index (χ3n) is 5.82. The van der Waals surface area contributed by atoms with Crippen LogP contribution in [-0.2, 0) is 26.2 Å². The molecule has 0 bridgehead atoms. The summed E-state index contributed by atoms with van der Waals surface area (Å²) in [7, 11) is -3.89. The Labute approximate surface area is 227 Å². The predicted octanol–water partition coefficient (Wildman–Crippen LogP) is 3.86. The zero-order valence-electron chi connectivity index (χ0n) is 21.0. The van der Waals surface area contributed by atoms with Crippen LogP contribution < -0.4 is 19.1 Å². The largest absolute Gasteiger partial charge is 0.486 e. The molecular weight excluding hydrogens is 541 g/mol. The van der Waals surface area contributed by atoms with E-state index in [2.05, 4.69) is 5.32 Å². The predicted molar refractivity (Wildman–Crippen MR) is 144 cm³/mol. The van der Waals surface area contributed by atoms with Crippen molar-refractivity contribution in [3.05, 3.63) is 52.0 Å². The average molecular weight is 573 g/mol. The van der Waals surface area contributed by atoms with Crippen molar-refractivity contribution in [2.24, 2.45) is 0 Å². The standard InChI is InChI=1S/C25H31Cl2N3O6S/c1-4-11-28-25(32)21(5-2)29(15-18-19(26)7-6-8-20(18)27)24(31)16-30(37(3,33)34)17-9-10-22-23(14-17)36-13-12-35-22/h6-10,14,21H,4-5,11-13,15-16H2,1-3H3,(H,28,32). The lowest BCUT2D eigenvalue weighted by Gasteiger charge is -2.33. The van der Waals surface area contributed by atoms with E-state index in [1.54, 1.807) is 37.3 Å². The van der Waals surface area contributed by atoms with Gasteiger partial charge in [0.1, 0.15) is 25.8 Å². The highest BCUT2D eigenvalue weighted by Crippen LogP contribution is 2.35. The minimum atomic E-state index is -3.89. The van der Waals surface area contributed by atoms with Crippen molar-refractivity contribution in [2.75, 3.05) is 36.9 Å². The lowest BCUT2D eigenvalue weighted by Crippen LogP contribution is -2.52. The number of nitrogens with zero attached hydrogens (tertiary/aromatic N) is 2. The molecule has 0 aliphatic carbocycles. The van der Waals surface area contributed by atoms with E-state index in [9.17, 15) is 18.0 Å². The molecule has 37 heavy (non-hydrogen) atoms. The molecule has 1 N–H and O–H groups in total. The van der Waals surface area contributed by atoms with E-state index in [-0.39, 0.29) is 18.1 Å². The molecule has 0 saturated carbocycles. The van der Waals surface area contributed by atoms with Crippen LogP contribution in [0.2, 0.25) is 10.0 Å². The van der Waals surface area contributed by atoms with Gasteiger partial charge in [0.15, 0.2) is 11.5 Å². The van der Waals surface area contributed by atoms with Crippen LogP contribution in [0.15, 0.2) is 36.4 Å². The summed E-state index contributed by atoms with van der Waals surface area (Å²) in [5, 5.41) is 3.49. The van der Waals surface area contributed by atoms with Crippen LogP contribution >= 0.6 is 23.2 Å². The maximum absolute atomic E-state index is 13.8. The summed E-state index contributed by atoms with van der Waals surface area (Å²) in [5.41, 5.74) is 0.700. The van der Waals surface area contributed by atoms with Crippen molar-refractivity contribution in [3.63, 3.8) is 0 Å². The Morgan fingerprint density at radius 3 is 2.30 bits per heavy atom. The van der Waals surface area contributed by atoms with Crippen LogP contribution in [0, 0.1) is 0 Å². The van der Waals surface area contributed by atoms with Gasteiger partial charge in [0.25, 0.3) is 0 Å². The molecular formula is C25H31Cl2N3O6S. The topological polar surface area (TPSA) is 105 Å². The SMILES string of the molecule is CCCNC(=O)C(CC)N(Cc1c(Cl)cccc1Cl)C(=O)CN(c1ccc2c(c1)OCCO2)S(C)(=O)=O. The smallest absolute Gasteiger partial charge is 0.244 e. The highest BCUT2D eigenvalue weighted by molar-refractivity contribution is 7.92. The molecule has 1 unspecified atom stereocenters. The Bertz CT molecular complexity index is 1220. The van der Waals surface area contributed by atoms with Crippen LogP contribution in [0.3, 0.4) is 0 Å². The van der Waals surface area contributed by atoms with E-state index in [4.69, 9.17) is 32.7 Å². The summed E-state index contributed by atoms with van der Waals surface area (Å²) in [6.45, 7) is 4.23. The number of benzene rings is 2. The third-order valence-corrected chi connectivity index (χ3v) is 7.67. The number of ether oxygens (including phenoxy) is 2. The lowest BCUT2D eigenvalue weighted by molar-refractivity contribution is -0.140. The van der Waals surface area contributed by atoms with Crippen molar-refractivity contribution in [1.29, 1.82) is 0 Å². The number of sulfonamides is 1. The van der Waals surface area contributed by atoms with Gasteiger partial charge < -0.3 is 19.7 Å². The van der Waals surface area contributed by atoms with Crippen molar-refractivity contribution in [1.82, 2.24) is 10.2 Å². The van der Waals surface area contributed by atoms with Crippen molar-refractivity contribution >= 4 is 50.7 Å². The summed E-state index contributed by atoms with van der Waals surface area (Å²) in [6, 6.07) is 8.75. The first-order valence-corrected chi connectivity index (χ1v) is 14.5. The maximum Gasteiger partial charge on any atom is 0.244 e. The second kappa shape index (κ2) is 12.7. The fraction of sp³-hybridized carbons (Fsp3) is 0.440. The van der Waals surface area contributed by atoms with Gasteiger partial charge in [-0.3, -0.25) is 13.9 Å². The second-order valence-corrected chi connectivity index (χ2v) is 11.3. The van der Waals surface area contributed by atoms with Crippen molar-refractivity contribution in [2.45, 2.75) is 39.3 Å². The Hall–Kier alpha value is -2.69. The van der Waals surface area contributed by atoms with Gasteiger partial charge >= 0.3 is 0 Å². The fourth-order valence-electron chi connectivity index (χ4n) is 3.94. The molecule has 0 aromatic heterocycles. The van der Waals surface area contributed by atoms with E-state index in [0.717, 1.165) is 17.0 Å². The first-order chi connectivity index (χ1) is 17.6. The quantitative estimate of drug-likeness (QED) is 0.439. The van der Waals surface area contributed by atoms with Crippen LogP contribution in [0.5, 0.6) is 11.5 Å². The number of hydrogen-bond acceptors (Lipinski definition) is 6. The van der Waals surface area contributed by atoms with Crippen LogP contribution in [0.25, 0.3) is 0 Å². The van der Waals surface area contributed by atoms with Crippen molar-refractivity contribution < 1.29 is 27.5 Å². The Morgan fingerprint density at radius 2 is 1.70 bits per heavy atom. The van der Waals surface area contributed by atoms with E-state index < -0.39 is 28.5 Å². The molecule has 0 radical (unpaired) electrons. The van der Waals surface area contributed by atoms with Gasteiger partial charge in [0, 0.05) is 34.8 Å². The van der Waals surface area contributed by atoms with Gasteiger partial charge in [0.2, 0.25) is 21.8 Å². The molecule has 12 heteroatoms. The van der Waals surface area contributed by atoms with Crippen LogP contribution in [0.1, 0.15) is 32.3 Å². The number of carbonyl (C=O) groups excluding carboxylic acids is 2. The van der Waals surface area contributed by atoms with Crippen molar-refractivity contribution in [3.8, 4) is 11.5 Å². The number of rotatable bonds is 11. The molecule has 2 aromatic carbocycles. The zero-order valence-corrected chi connectivity index (χ0v) is 23.3. The number of anilines is 1. The number of carbonyl (C=O) groups is 2. The molecule has 2 amide bonds. The van der Waals surface area contributed by atoms with Gasteiger partial charge in [-0.2, -0.15) is 0 Å². The molecule has 0 saturated heterocycles. The number of hydrogen-bond donors (Lipinski definition) is 1. The van der Waals surface area contributed by atoms with Gasteiger partial charge in [-0.1, -0.05) is 43.1 Å². The molecule has 9 nitrogen and oxygen atoms in total. The minimum absolute atomic E-state index is 0.0753. The minimum Gasteiger partial charge on any atom is -0.486 e. The summed E-state index contributed by atoms with van der Waals surface area (Å²) >= 11 is 12.8. The molecule has 1 aliphatic rings. The first-order valence-electron chi connectivity index (χ1n) is 11.9. The number of nitrogens with one attached hydrogen (secondary N) is 1. The number of fused-ring (bicyclic) bond motifs is 1. The summed E-state index contributed by atoms with van der Waals surface area (Å²) in [4.78, 5) is 28.1. The summed E-state index contributed by atoms with van der Waals surface area (Å²) in [6.07, 6.45) is 2.03. The monoisotopic (exact) mass is 571 g/mol. The van der Waals surface area contributed by atoms with Gasteiger partial charge in [-0.25, -0.2) is 8.42 Å². The first kappa shape index (κ1) is 28.9. The summed E-state index contributed by atoms with van der Waals surface area (Å²) in [5.74, 6) is -0.0562. The Kier molecular flexibility index (Phi) is 9.92. The van der Waals surface area contributed by atoms with Gasteiger partial charge in [-0.15, -0.1) is 0 Å². The van der Waals surface area contributed by atoms with Gasteiger partial charge in [-0.05, 0) is 37.1 Å².